The van der Waals surface area contributed by atoms with Crippen LogP contribution < -0.4 is 5.32 Å². The Hall–Kier alpha value is -0.510. The van der Waals surface area contributed by atoms with Crippen LogP contribution in [0.3, 0.4) is 0 Å². The maximum Gasteiger partial charge on any atom is 0.0636 e. The van der Waals surface area contributed by atoms with Gasteiger partial charge in [-0.25, -0.2) is 0 Å². The summed E-state index contributed by atoms with van der Waals surface area (Å²) < 4.78 is 0. The van der Waals surface area contributed by atoms with E-state index in [0.29, 0.717) is 6.54 Å². The van der Waals surface area contributed by atoms with Crippen molar-refractivity contribution in [3.8, 4) is 0 Å². The lowest BCUT2D eigenvalue weighted by atomic mass is 10.4. The van der Waals surface area contributed by atoms with Crippen LogP contribution in [0.1, 0.15) is 6.92 Å². The minimum atomic E-state index is -0.253. The maximum absolute atomic E-state index is 9.00. The molecule has 2 N–H and O–H groups in total. The fourth-order valence-corrected chi connectivity index (χ4v) is 1.90. The molecule has 0 saturated heterocycles. The van der Waals surface area contributed by atoms with Crippen LogP contribution in [0, 0.1) is 0 Å². The molecule has 14 heavy (non-hydrogen) atoms. The first-order chi connectivity index (χ1) is 6.79. The van der Waals surface area contributed by atoms with Crippen LogP contribution in [0.15, 0.2) is 35.2 Å². The highest BCUT2D eigenvalue weighted by atomic mass is 32.2. The van der Waals surface area contributed by atoms with Gasteiger partial charge in [-0.15, -0.1) is 11.8 Å². The first kappa shape index (κ1) is 11.6. The van der Waals surface area contributed by atoms with Crippen LogP contribution in [-0.2, 0) is 0 Å². The third-order valence-electron chi connectivity index (χ3n) is 1.73. The smallest absolute Gasteiger partial charge is 0.0636 e. The van der Waals surface area contributed by atoms with Gasteiger partial charge in [-0.3, -0.25) is 0 Å². The van der Waals surface area contributed by atoms with E-state index in [1.165, 1.54) is 4.90 Å². The van der Waals surface area contributed by atoms with E-state index in [2.05, 4.69) is 17.4 Å². The molecule has 0 fully saturated rings. The Bertz CT molecular complexity index is 238. The van der Waals surface area contributed by atoms with Crippen LogP contribution >= 0.6 is 11.8 Å². The molecule has 0 heterocycles. The standard InChI is InChI=1S/C11H17NOS/c1-10(13)9-12-7-8-14-11-5-3-2-4-6-11/h2-6,10,12-13H,7-9H2,1H3. The minimum Gasteiger partial charge on any atom is -0.392 e. The zero-order valence-corrected chi connectivity index (χ0v) is 9.26. The van der Waals surface area contributed by atoms with Crippen LogP contribution in [0.4, 0.5) is 0 Å². The fraction of sp³-hybridized carbons (Fsp3) is 0.455. The first-order valence-electron chi connectivity index (χ1n) is 4.85. The van der Waals surface area contributed by atoms with Gasteiger partial charge in [0, 0.05) is 23.7 Å². The topological polar surface area (TPSA) is 32.3 Å². The Morgan fingerprint density at radius 3 is 2.71 bits per heavy atom. The predicted octanol–water partition coefficient (Wildman–Crippen LogP) is 1.75. The number of aliphatic hydroxyl groups excluding tert-OH is 1. The summed E-state index contributed by atoms with van der Waals surface area (Å²) in [7, 11) is 0. The Morgan fingerprint density at radius 1 is 1.36 bits per heavy atom. The number of nitrogens with one attached hydrogen (secondary N) is 1. The number of benzene rings is 1. The average Bonchev–Trinajstić information content (AvgIpc) is 2.18. The zero-order chi connectivity index (χ0) is 10.2. The second kappa shape index (κ2) is 6.87. The number of hydrogen-bond acceptors (Lipinski definition) is 3. The van der Waals surface area contributed by atoms with E-state index in [1.54, 1.807) is 6.92 Å². The molecule has 0 saturated carbocycles. The van der Waals surface area contributed by atoms with Gasteiger partial charge in [-0.05, 0) is 19.1 Å². The maximum atomic E-state index is 9.00. The molecule has 1 aromatic carbocycles. The number of aliphatic hydroxyl groups is 1. The SMILES string of the molecule is CC(O)CNCCSc1ccccc1. The van der Waals surface area contributed by atoms with Gasteiger partial charge in [0.1, 0.15) is 0 Å². The lowest BCUT2D eigenvalue weighted by Gasteiger charge is -2.06. The van der Waals surface area contributed by atoms with Gasteiger partial charge < -0.3 is 10.4 Å². The van der Waals surface area contributed by atoms with Crippen molar-refractivity contribution in [1.29, 1.82) is 0 Å². The molecule has 0 aliphatic rings. The van der Waals surface area contributed by atoms with Crippen molar-refractivity contribution in [2.45, 2.75) is 17.9 Å². The zero-order valence-electron chi connectivity index (χ0n) is 8.44. The lowest BCUT2D eigenvalue weighted by molar-refractivity contribution is 0.192. The summed E-state index contributed by atoms with van der Waals surface area (Å²) in [6.45, 7) is 3.40. The molecular weight excluding hydrogens is 194 g/mol. The van der Waals surface area contributed by atoms with E-state index in [9.17, 15) is 0 Å². The van der Waals surface area contributed by atoms with Crippen LogP contribution in [0.5, 0.6) is 0 Å². The highest BCUT2D eigenvalue weighted by Crippen LogP contribution is 2.15. The summed E-state index contributed by atoms with van der Waals surface area (Å²) in [5.41, 5.74) is 0. The molecule has 78 valence electrons. The summed E-state index contributed by atoms with van der Waals surface area (Å²) in [6, 6.07) is 10.3. The molecule has 0 amide bonds. The monoisotopic (exact) mass is 211 g/mol. The first-order valence-corrected chi connectivity index (χ1v) is 5.84. The van der Waals surface area contributed by atoms with Crippen LogP contribution in [0.2, 0.25) is 0 Å². The van der Waals surface area contributed by atoms with E-state index in [4.69, 9.17) is 5.11 Å². The molecule has 3 heteroatoms. The Kier molecular flexibility index (Phi) is 5.68. The van der Waals surface area contributed by atoms with Crippen molar-refractivity contribution in [1.82, 2.24) is 5.32 Å². The number of thioether (sulfide) groups is 1. The van der Waals surface area contributed by atoms with E-state index in [0.717, 1.165) is 12.3 Å². The van der Waals surface area contributed by atoms with Crippen molar-refractivity contribution >= 4 is 11.8 Å². The van der Waals surface area contributed by atoms with Gasteiger partial charge in [0.15, 0.2) is 0 Å². The summed E-state index contributed by atoms with van der Waals surface area (Å²) in [5.74, 6) is 1.04. The summed E-state index contributed by atoms with van der Waals surface area (Å²) >= 11 is 1.83. The second-order valence-electron chi connectivity index (χ2n) is 3.21. The largest absolute Gasteiger partial charge is 0.392 e. The summed E-state index contributed by atoms with van der Waals surface area (Å²) in [6.07, 6.45) is -0.253. The van der Waals surface area contributed by atoms with Crippen molar-refractivity contribution in [3.05, 3.63) is 30.3 Å². The van der Waals surface area contributed by atoms with Gasteiger partial charge >= 0.3 is 0 Å². The molecule has 2 nitrogen and oxygen atoms in total. The van der Waals surface area contributed by atoms with E-state index < -0.39 is 0 Å². The van der Waals surface area contributed by atoms with Crippen molar-refractivity contribution in [3.63, 3.8) is 0 Å². The lowest BCUT2D eigenvalue weighted by Crippen LogP contribution is -2.26. The van der Waals surface area contributed by atoms with E-state index in [1.807, 2.05) is 30.0 Å². The summed E-state index contributed by atoms with van der Waals surface area (Å²) in [4.78, 5) is 1.30. The highest BCUT2D eigenvalue weighted by Gasteiger charge is 1.94. The van der Waals surface area contributed by atoms with Crippen LogP contribution in [0.25, 0.3) is 0 Å². The highest BCUT2D eigenvalue weighted by molar-refractivity contribution is 7.99. The molecule has 1 rings (SSSR count). The van der Waals surface area contributed by atoms with Crippen molar-refractivity contribution in [2.75, 3.05) is 18.8 Å². The van der Waals surface area contributed by atoms with Gasteiger partial charge in [0.25, 0.3) is 0 Å². The third kappa shape index (κ3) is 5.27. The van der Waals surface area contributed by atoms with Gasteiger partial charge in [0.2, 0.25) is 0 Å². The Morgan fingerprint density at radius 2 is 2.07 bits per heavy atom. The predicted molar refractivity (Wildman–Crippen MR) is 61.7 cm³/mol. The molecule has 0 aliphatic carbocycles. The van der Waals surface area contributed by atoms with Gasteiger partial charge in [0.05, 0.1) is 6.10 Å². The molecular formula is C11H17NOS. The van der Waals surface area contributed by atoms with Crippen molar-refractivity contribution < 1.29 is 5.11 Å². The Balaban J connectivity index is 2.05. The molecule has 0 aromatic heterocycles. The summed E-state index contributed by atoms with van der Waals surface area (Å²) in [5, 5.41) is 12.2. The number of rotatable bonds is 6. The molecule has 1 atom stereocenters. The molecule has 0 radical (unpaired) electrons. The Labute approximate surface area is 89.7 Å². The van der Waals surface area contributed by atoms with E-state index >= 15 is 0 Å². The van der Waals surface area contributed by atoms with Gasteiger partial charge in [-0.1, -0.05) is 18.2 Å². The molecule has 1 aromatic rings. The average molecular weight is 211 g/mol. The quantitative estimate of drug-likeness (QED) is 0.555. The molecule has 1 unspecified atom stereocenters. The van der Waals surface area contributed by atoms with Crippen LogP contribution in [-0.4, -0.2) is 30.1 Å². The van der Waals surface area contributed by atoms with Gasteiger partial charge in [-0.2, -0.15) is 0 Å². The van der Waals surface area contributed by atoms with E-state index in [-0.39, 0.29) is 6.10 Å². The minimum absolute atomic E-state index is 0.253. The normalized spacial score (nSPS) is 12.7. The molecule has 0 spiro atoms. The molecule has 0 aliphatic heterocycles. The van der Waals surface area contributed by atoms with Crippen molar-refractivity contribution in [2.24, 2.45) is 0 Å². The second-order valence-corrected chi connectivity index (χ2v) is 4.38. The molecule has 0 bridgehead atoms. The third-order valence-corrected chi connectivity index (χ3v) is 2.74. The number of hydrogen-bond donors (Lipinski definition) is 2. The fourth-order valence-electron chi connectivity index (χ4n) is 1.07.